The summed E-state index contributed by atoms with van der Waals surface area (Å²) in [5.74, 6) is 0.0831. The maximum Gasteiger partial charge on any atom is 0.337 e. The largest absolute Gasteiger partial charge is 0.497 e. The maximum atomic E-state index is 12.4. The predicted molar refractivity (Wildman–Crippen MR) is 95.0 cm³/mol. The van der Waals surface area contributed by atoms with E-state index in [-0.39, 0.29) is 11.8 Å². The standard InChI is InChI=1S/C18H21NO5S/c1-13(15-8-10-17(23-2)11-9-15)19-25(21,22)12-14-4-6-16(7-5-14)18(20)24-3/h4-11,13,19H,12H2,1-3H3/t13-/m0/s1. The third-order valence-electron chi connectivity index (χ3n) is 3.70. The van der Waals surface area contributed by atoms with Crippen molar-refractivity contribution in [2.45, 2.75) is 18.7 Å². The van der Waals surface area contributed by atoms with Crippen molar-refractivity contribution >= 4 is 16.0 Å². The Morgan fingerprint density at radius 1 is 1.04 bits per heavy atom. The Hall–Kier alpha value is -2.38. The lowest BCUT2D eigenvalue weighted by atomic mass is 10.1. The summed E-state index contributed by atoms with van der Waals surface area (Å²) >= 11 is 0. The zero-order valence-corrected chi connectivity index (χ0v) is 15.2. The smallest absolute Gasteiger partial charge is 0.337 e. The van der Waals surface area contributed by atoms with Gasteiger partial charge in [0.2, 0.25) is 10.0 Å². The van der Waals surface area contributed by atoms with Crippen LogP contribution in [-0.2, 0) is 20.5 Å². The van der Waals surface area contributed by atoms with Crippen LogP contribution in [0.3, 0.4) is 0 Å². The zero-order valence-electron chi connectivity index (χ0n) is 14.4. The summed E-state index contributed by atoms with van der Waals surface area (Å²) in [6.45, 7) is 1.78. The minimum atomic E-state index is -3.53. The number of nitrogens with one attached hydrogen (secondary N) is 1. The van der Waals surface area contributed by atoms with E-state index in [2.05, 4.69) is 9.46 Å². The highest BCUT2D eigenvalue weighted by Gasteiger charge is 2.17. The van der Waals surface area contributed by atoms with Crippen LogP contribution in [0.1, 0.15) is 34.5 Å². The number of ether oxygens (including phenoxy) is 2. The zero-order chi connectivity index (χ0) is 18.4. The number of benzene rings is 2. The molecule has 25 heavy (non-hydrogen) atoms. The molecule has 0 amide bonds. The van der Waals surface area contributed by atoms with Crippen molar-refractivity contribution < 1.29 is 22.7 Å². The van der Waals surface area contributed by atoms with Crippen LogP contribution in [0.15, 0.2) is 48.5 Å². The molecule has 1 N–H and O–H groups in total. The van der Waals surface area contributed by atoms with Crippen LogP contribution in [0, 0.1) is 0 Å². The number of esters is 1. The molecule has 0 aliphatic rings. The molecule has 0 spiro atoms. The highest BCUT2D eigenvalue weighted by molar-refractivity contribution is 7.88. The van der Waals surface area contributed by atoms with Gasteiger partial charge in [-0.05, 0) is 42.3 Å². The summed E-state index contributed by atoms with van der Waals surface area (Å²) in [4.78, 5) is 11.4. The van der Waals surface area contributed by atoms with Gasteiger partial charge in [-0.25, -0.2) is 17.9 Å². The number of carbonyl (C=O) groups excluding carboxylic acids is 1. The molecule has 2 aromatic rings. The fourth-order valence-corrected chi connectivity index (χ4v) is 3.74. The summed E-state index contributed by atoms with van der Waals surface area (Å²) < 4.78 is 37.1. The second-order valence-corrected chi connectivity index (χ2v) is 7.31. The number of hydrogen-bond donors (Lipinski definition) is 1. The summed E-state index contributed by atoms with van der Waals surface area (Å²) in [5.41, 5.74) is 1.80. The van der Waals surface area contributed by atoms with Gasteiger partial charge in [0, 0.05) is 6.04 Å². The molecule has 0 radical (unpaired) electrons. The van der Waals surface area contributed by atoms with Crippen molar-refractivity contribution in [3.05, 3.63) is 65.2 Å². The van der Waals surface area contributed by atoms with Gasteiger partial charge in [-0.3, -0.25) is 0 Å². The van der Waals surface area contributed by atoms with E-state index >= 15 is 0 Å². The van der Waals surface area contributed by atoms with Gasteiger partial charge < -0.3 is 9.47 Å². The van der Waals surface area contributed by atoms with E-state index in [0.29, 0.717) is 16.9 Å². The van der Waals surface area contributed by atoms with Gasteiger partial charge in [0.1, 0.15) is 5.75 Å². The Bertz CT molecular complexity index is 814. The molecule has 6 nitrogen and oxygen atoms in total. The van der Waals surface area contributed by atoms with Gasteiger partial charge in [-0.2, -0.15) is 0 Å². The monoisotopic (exact) mass is 363 g/mol. The molecule has 2 rings (SSSR count). The molecule has 0 saturated heterocycles. The molecule has 1 atom stereocenters. The molecule has 0 bridgehead atoms. The fourth-order valence-electron chi connectivity index (χ4n) is 2.35. The molecule has 2 aromatic carbocycles. The average Bonchev–Trinajstić information content (AvgIpc) is 2.61. The van der Waals surface area contributed by atoms with E-state index in [1.807, 2.05) is 12.1 Å². The fraction of sp³-hybridized carbons (Fsp3) is 0.278. The Balaban J connectivity index is 2.04. The van der Waals surface area contributed by atoms with Crippen LogP contribution in [0.4, 0.5) is 0 Å². The first-order valence-electron chi connectivity index (χ1n) is 7.66. The van der Waals surface area contributed by atoms with Gasteiger partial charge in [0.15, 0.2) is 0 Å². The Labute approximate surface area is 147 Å². The lowest BCUT2D eigenvalue weighted by Gasteiger charge is -2.15. The van der Waals surface area contributed by atoms with Crippen LogP contribution in [-0.4, -0.2) is 28.6 Å². The summed E-state index contributed by atoms with van der Waals surface area (Å²) in [6, 6.07) is 13.1. The average molecular weight is 363 g/mol. The first-order valence-corrected chi connectivity index (χ1v) is 9.31. The molecule has 0 heterocycles. The third-order valence-corrected chi connectivity index (χ3v) is 5.13. The Kier molecular flexibility index (Phi) is 6.17. The highest BCUT2D eigenvalue weighted by Crippen LogP contribution is 2.19. The molecule has 134 valence electrons. The maximum absolute atomic E-state index is 12.4. The van der Waals surface area contributed by atoms with Crippen molar-refractivity contribution in [2.24, 2.45) is 0 Å². The van der Waals surface area contributed by atoms with Crippen molar-refractivity contribution in [3.8, 4) is 5.75 Å². The van der Waals surface area contributed by atoms with E-state index in [9.17, 15) is 13.2 Å². The van der Waals surface area contributed by atoms with Crippen LogP contribution in [0.2, 0.25) is 0 Å². The van der Waals surface area contributed by atoms with Crippen molar-refractivity contribution in [1.82, 2.24) is 4.72 Å². The Morgan fingerprint density at radius 3 is 2.16 bits per heavy atom. The molecule has 0 saturated carbocycles. The lowest BCUT2D eigenvalue weighted by molar-refractivity contribution is 0.0600. The van der Waals surface area contributed by atoms with Crippen molar-refractivity contribution in [2.75, 3.05) is 14.2 Å². The van der Waals surface area contributed by atoms with Crippen molar-refractivity contribution in [1.29, 1.82) is 0 Å². The SMILES string of the molecule is COC(=O)c1ccc(CS(=O)(=O)N[C@@H](C)c2ccc(OC)cc2)cc1. The molecule has 0 aliphatic heterocycles. The van der Waals surface area contributed by atoms with Crippen LogP contribution >= 0.6 is 0 Å². The van der Waals surface area contributed by atoms with Crippen LogP contribution in [0.5, 0.6) is 5.75 Å². The topological polar surface area (TPSA) is 81.7 Å². The predicted octanol–water partition coefficient (Wildman–Crippen LogP) is 2.66. The molecule has 0 fully saturated rings. The summed E-state index contributed by atoms with van der Waals surface area (Å²) in [5, 5.41) is 0. The number of methoxy groups -OCH3 is 2. The molecule has 7 heteroatoms. The number of sulfonamides is 1. The normalized spacial score (nSPS) is 12.4. The number of hydrogen-bond acceptors (Lipinski definition) is 5. The first kappa shape index (κ1) is 19.0. The van der Waals surface area contributed by atoms with E-state index in [0.717, 1.165) is 5.56 Å². The summed E-state index contributed by atoms with van der Waals surface area (Å²) in [6.07, 6.45) is 0. The molecule has 0 aliphatic carbocycles. The third kappa shape index (κ3) is 5.30. The number of rotatable bonds is 7. The van der Waals surface area contributed by atoms with E-state index in [4.69, 9.17) is 4.74 Å². The molecular formula is C18H21NO5S. The highest BCUT2D eigenvalue weighted by atomic mass is 32.2. The first-order chi connectivity index (χ1) is 11.8. The van der Waals surface area contributed by atoms with Gasteiger partial charge >= 0.3 is 5.97 Å². The second kappa shape index (κ2) is 8.13. The Morgan fingerprint density at radius 2 is 1.64 bits per heavy atom. The quantitative estimate of drug-likeness (QED) is 0.765. The van der Waals surface area contributed by atoms with Gasteiger partial charge in [-0.15, -0.1) is 0 Å². The molecular weight excluding hydrogens is 342 g/mol. The minimum absolute atomic E-state index is 0.172. The molecule has 0 unspecified atom stereocenters. The van der Waals surface area contributed by atoms with E-state index in [1.165, 1.54) is 7.11 Å². The number of carbonyl (C=O) groups is 1. The van der Waals surface area contributed by atoms with E-state index < -0.39 is 16.0 Å². The lowest BCUT2D eigenvalue weighted by Crippen LogP contribution is -2.28. The molecule has 0 aromatic heterocycles. The van der Waals surface area contributed by atoms with Gasteiger partial charge in [-0.1, -0.05) is 24.3 Å². The second-order valence-electron chi connectivity index (χ2n) is 5.56. The van der Waals surface area contributed by atoms with Crippen LogP contribution in [0.25, 0.3) is 0 Å². The van der Waals surface area contributed by atoms with Gasteiger partial charge in [0.25, 0.3) is 0 Å². The van der Waals surface area contributed by atoms with Crippen molar-refractivity contribution in [3.63, 3.8) is 0 Å². The van der Waals surface area contributed by atoms with E-state index in [1.54, 1.807) is 50.4 Å². The van der Waals surface area contributed by atoms with Crippen LogP contribution < -0.4 is 9.46 Å². The van der Waals surface area contributed by atoms with Gasteiger partial charge in [0.05, 0.1) is 25.5 Å². The summed E-state index contributed by atoms with van der Waals surface area (Å²) in [7, 11) is -0.661. The minimum Gasteiger partial charge on any atom is -0.497 e.